The van der Waals surface area contributed by atoms with Gasteiger partial charge >= 0.3 is 5.97 Å². The van der Waals surface area contributed by atoms with E-state index in [2.05, 4.69) is 0 Å². The summed E-state index contributed by atoms with van der Waals surface area (Å²) in [5.74, 6) is -1.04. The largest absolute Gasteiger partial charge is 0.478 e. The predicted octanol–water partition coefficient (Wildman–Crippen LogP) is 0.931. The molecule has 0 fully saturated rings. The molecule has 0 spiro atoms. The standard InChI is InChI=1S/C10H18O4/c11-8-4-2-1-3-5-9(12)6-7-10(13)14/h6-7,9,11-12H,1-5,8H2,(H,13,14)/b7-6+/t9-/m1/s1. The number of carboxylic acids is 1. The Morgan fingerprint density at radius 2 is 1.86 bits per heavy atom. The molecule has 0 saturated carbocycles. The van der Waals surface area contributed by atoms with Crippen LogP contribution in [0.15, 0.2) is 12.2 Å². The molecule has 0 amide bonds. The van der Waals surface area contributed by atoms with Crippen molar-refractivity contribution >= 4 is 5.97 Å². The van der Waals surface area contributed by atoms with Gasteiger partial charge in [0.1, 0.15) is 0 Å². The summed E-state index contributed by atoms with van der Waals surface area (Å²) in [5, 5.41) is 26.0. The fourth-order valence-electron chi connectivity index (χ4n) is 1.11. The molecule has 0 rings (SSSR count). The van der Waals surface area contributed by atoms with Gasteiger partial charge in [-0.15, -0.1) is 0 Å². The van der Waals surface area contributed by atoms with Crippen LogP contribution in [-0.4, -0.2) is 34.0 Å². The van der Waals surface area contributed by atoms with E-state index in [1.54, 1.807) is 0 Å². The van der Waals surface area contributed by atoms with E-state index in [-0.39, 0.29) is 6.61 Å². The number of aliphatic hydroxyl groups is 2. The number of aliphatic carboxylic acids is 1. The van der Waals surface area contributed by atoms with Crippen molar-refractivity contribution in [3.05, 3.63) is 12.2 Å². The van der Waals surface area contributed by atoms with E-state index in [0.717, 1.165) is 31.8 Å². The molecule has 82 valence electrons. The van der Waals surface area contributed by atoms with E-state index in [9.17, 15) is 9.90 Å². The molecule has 3 N–H and O–H groups in total. The van der Waals surface area contributed by atoms with Crippen LogP contribution in [0, 0.1) is 0 Å². The van der Waals surface area contributed by atoms with Gasteiger partial charge in [-0.1, -0.05) is 19.3 Å². The molecule has 0 bridgehead atoms. The molecule has 0 aromatic rings. The molecule has 4 heteroatoms. The van der Waals surface area contributed by atoms with Crippen LogP contribution in [0.2, 0.25) is 0 Å². The third-order valence-corrected chi connectivity index (χ3v) is 1.87. The SMILES string of the molecule is O=C(O)/C=C/[C@H](O)CCCCCCO. The van der Waals surface area contributed by atoms with Crippen molar-refractivity contribution in [3.63, 3.8) is 0 Å². The third-order valence-electron chi connectivity index (χ3n) is 1.87. The predicted molar refractivity (Wildman–Crippen MR) is 53.0 cm³/mol. The molecule has 0 aromatic carbocycles. The molecule has 1 atom stereocenters. The van der Waals surface area contributed by atoms with Gasteiger partial charge in [0.05, 0.1) is 6.10 Å². The molecule has 0 aliphatic heterocycles. The van der Waals surface area contributed by atoms with Crippen molar-refractivity contribution in [1.29, 1.82) is 0 Å². The van der Waals surface area contributed by atoms with E-state index < -0.39 is 12.1 Å². The van der Waals surface area contributed by atoms with Gasteiger partial charge in [-0.05, 0) is 18.9 Å². The fourth-order valence-corrected chi connectivity index (χ4v) is 1.11. The summed E-state index contributed by atoms with van der Waals surface area (Å²) in [5.41, 5.74) is 0. The Balaban J connectivity index is 3.35. The normalized spacial score (nSPS) is 13.3. The minimum atomic E-state index is -1.04. The van der Waals surface area contributed by atoms with E-state index >= 15 is 0 Å². The molecule has 0 aliphatic carbocycles. The van der Waals surface area contributed by atoms with Gasteiger partial charge in [0, 0.05) is 12.7 Å². The number of carboxylic acid groups (broad SMARTS) is 1. The first-order chi connectivity index (χ1) is 6.66. The first-order valence-corrected chi connectivity index (χ1v) is 4.87. The topological polar surface area (TPSA) is 77.8 Å². The second kappa shape index (κ2) is 8.72. The maximum absolute atomic E-state index is 10.1. The van der Waals surface area contributed by atoms with E-state index in [1.807, 2.05) is 0 Å². The zero-order valence-corrected chi connectivity index (χ0v) is 8.22. The van der Waals surface area contributed by atoms with Crippen LogP contribution < -0.4 is 0 Å². The number of hydrogen-bond acceptors (Lipinski definition) is 3. The second-order valence-electron chi connectivity index (χ2n) is 3.19. The number of carbonyl (C=O) groups is 1. The summed E-state index contributed by atoms with van der Waals surface area (Å²) in [6, 6.07) is 0. The molecular formula is C10H18O4. The monoisotopic (exact) mass is 202 g/mol. The second-order valence-corrected chi connectivity index (χ2v) is 3.19. The maximum Gasteiger partial charge on any atom is 0.328 e. The molecule has 14 heavy (non-hydrogen) atoms. The van der Waals surface area contributed by atoms with Crippen molar-refractivity contribution in [1.82, 2.24) is 0 Å². The zero-order valence-electron chi connectivity index (χ0n) is 8.22. The van der Waals surface area contributed by atoms with Crippen LogP contribution >= 0.6 is 0 Å². The zero-order chi connectivity index (χ0) is 10.8. The number of unbranched alkanes of at least 4 members (excludes halogenated alkanes) is 3. The molecule has 0 radical (unpaired) electrons. The summed E-state index contributed by atoms with van der Waals surface area (Å²) < 4.78 is 0. The summed E-state index contributed by atoms with van der Waals surface area (Å²) in [7, 11) is 0. The van der Waals surface area contributed by atoms with Crippen LogP contribution in [0.25, 0.3) is 0 Å². The molecule has 0 aliphatic rings. The lowest BCUT2D eigenvalue weighted by Crippen LogP contribution is -2.03. The highest BCUT2D eigenvalue weighted by molar-refractivity contribution is 5.79. The summed E-state index contributed by atoms with van der Waals surface area (Å²) >= 11 is 0. The lowest BCUT2D eigenvalue weighted by Gasteiger charge is -2.04. The summed E-state index contributed by atoms with van der Waals surface area (Å²) in [4.78, 5) is 10.1. The van der Waals surface area contributed by atoms with Crippen LogP contribution in [0.4, 0.5) is 0 Å². The van der Waals surface area contributed by atoms with Gasteiger partial charge in [0.2, 0.25) is 0 Å². The molecule has 4 nitrogen and oxygen atoms in total. The molecule has 0 saturated heterocycles. The molecule has 0 aromatic heterocycles. The lowest BCUT2D eigenvalue weighted by atomic mass is 10.1. The van der Waals surface area contributed by atoms with Crippen molar-refractivity contribution in [2.75, 3.05) is 6.61 Å². The molecular weight excluding hydrogens is 184 g/mol. The van der Waals surface area contributed by atoms with E-state index in [4.69, 9.17) is 10.2 Å². The highest BCUT2D eigenvalue weighted by atomic mass is 16.4. The Labute approximate surface area is 83.9 Å². The minimum Gasteiger partial charge on any atom is -0.478 e. The number of hydrogen-bond donors (Lipinski definition) is 3. The Kier molecular flexibility index (Phi) is 8.17. The van der Waals surface area contributed by atoms with Crippen LogP contribution in [0.5, 0.6) is 0 Å². The average Bonchev–Trinajstić information content (AvgIpc) is 2.14. The highest BCUT2D eigenvalue weighted by Gasteiger charge is 1.99. The Morgan fingerprint density at radius 3 is 2.43 bits per heavy atom. The summed E-state index contributed by atoms with van der Waals surface area (Å²) in [6.07, 6.45) is 5.71. The maximum atomic E-state index is 10.1. The van der Waals surface area contributed by atoms with Gasteiger partial charge in [-0.3, -0.25) is 0 Å². The lowest BCUT2D eigenvalue weighted by molar-refractivity contribution is -0.131. The van der Waals surface area contributed by atoms with Crippen molar-refractivity contribution in [3.8, 4) is 0 Å². The number of rotatable bonds is 8. The van der Waals surface area contributed by atoms with E-state index in [1.165, 1.54) is 6.08 Å². The Hall–Kier alpha value is -0.870. The Bertz CT molecular complexity index is 177. The van der Waals surface area contributed by atoms with Crippen molar-refractivity contribution < 1.29 is 20.1 Å². The van der Waals surface area contributed by atoms with Crippen LogP contribution in [0.3, 0.4) is 0 Å². The molecule has 0 unspecified atom stereocenters. The third kappa shape index (κ3) is 9.22. The average molecular weight is 202 g/mol. The van der Waals surface area contributed by atoms with Gasteiger partial charge in [0.15, 0.2) is 0 Å². The minimum absolute atomic E-state index is 0.210. The van der Waals surface area contributed by atoms with Gasteiger partial charge < -0.3 is 15.3 Å². The van der Waals surface area contributed by atoms with Crippen molar-refractivity contribution in [2.45, 2.75) is 38.2 Å². The number of aliphatic hydroxyl groups excluding tert-OH is 2. The van der Waals surface area contributed by atoms with Gasteiger partial charge in [-0.25, -0.2) is 4.79 Å². The Morgan fingerprint density at radius 1 is 1.21 bits per heavy atom. The first-order valence-electron chi connectivity index (χ1n) is 4.87. The van der Waals surface area contributed by atoms with Crippen molar-refractivity contribution in [2.24, 2.45) is 0 Å². The van der Waals surface area contributed by atoms with Gasteiger partial charge in [-0.2, -0.15) is 0 Å². The summed E-state index contributed by atoms with van der Waals surface area (Å²) in [6.45, 7) is 0.210. The quantitative estimate of drug-likeness (QED) is 0.404. The van der Waals surface area contributed by atoms with Gasteiger partial charge in [0.25, 0.3) is 0 Å². The van der Waals surface area contributed by atoms with E-state index in [0.29, 0.717) is 6.42 Å². The first kappa shape index (κ1) is 13.1. The smallest absolute Gasteiger partial charge is 0.328 e. The molecule has 0 heterocycles. The van der Waals surface area contributed by atoms with Crippen LogP contribution in [-0.2, 0) is 4.79 Å². The fraction of sp³-hybridized carbons (Fsp3) is 0.700. The van der Waals surface area contributed by atoms with Crippen LogP contribution in [0.1, 0.15) is 32.1 Å². The highest BCUT2D eigenvalue weighted by Crippen LogP contribution is 2.06.